The summed E-state index contributed by atoms with van der Waals surface area (Å²) in [7, 11) is 1.95. The number of hydrogen-bond donors (Lipinski definition) is 2. The van der Waals surface area contributed by atoms with Crippen LogP contribution < -0.4 is 10.6 Å². The molecule has 2 aromatic rings. The highest BCUT2D eigenvalue weighted by Crippen LogP contribution is 2.17. The highest BCUT2D eigenvalue weighted by atomic mass is 32.1. The molecule has 0 radical (unpaired) electrons. The van der Waals surface area contributed by atoms with Gasteiger partial charge in [-0.25, -0.2) is 4.99 Å². The molecule has 0 saturated carbocycles. The highest BCUT2D eigenvalue weighted by molar-refractivity contribution is 7.11. The number of nitrogens with zero attached hydrogens (tertiary/aromatic N) is 3. The summed E-state index contributed by atoms with van der Waals surface area (Å²) >= 11 is 1.85. The van der Waals surface area contributed by atoms with Crippen molar-refractivity contribution in [2.24, 2.45) is 12.0 Å². The third-order valence-corrected chi connectivity index (χ3v) is 4.71. The van der Waals surface area contributed by atoms with Gasteiger partial charge in [0, 0.05) is 36.1 Å². The lowest BCUT2D eigenvalue weighted by Crippen LogP contribution is -2.37. The first-order valence-electron chi connectivity index (χ1n) is 8.28. The molecule has 5 nitrogen and oxygen atoms in total. The zero-order valence-corrected chi connectivity index (χ0v) is 15.1. The summed E-state index contributed by atoms with van der Waals surface area (Å²) in [5.74, 6) is 0.894. The number of aliphatic imine (C=N–C) groups is 1. The number of rotatable bonds is 8. The van der Waals surface area contributed by atoms with Gasteiger partial charge < -0.3 is 10.6 Å². The molecule has 2 aromatic heterocycles. The molecule has 2 heterocycles. The minimum absolute atomic E-state index is 0.739. The second-order valence-electron chi connectivity index (χ2n) is 5.47. The van der Waals surface area contributed by atoms with Crippen molar-refractivity contribution >= 4 is 17.3 Å². The molecule has 0 spiro atoms. The molecule has 126 valence electrons. The minimum atomic E-state index is 0.739. The summed E-state index contributed by atoms with van der Waals surface area (Å²) in [6.45, 7) is 6.80. The van der Waals surface area contributed by atoms with E-state index >= 15 is 0 Å². The largest absolute Gasteiger partial charge is 0.357 e. The Bertz CT molecular complexity index is 614. The van der Waals surface area contributed by atoms with Gasteiger partial charge in [0.25, 0.3) is 0 Å². The normalized spacial score (nSPS) is 11.7. The fraction of sp³-hybridized carbons (Fsp3) is 0.529. The maximum atomic E-state index is 4.67. The van der Waals surface area contributed by atoms with E-state index < -0.39 is 0 Å². The van der Waals surface area contributed by atoms with Crippen molar-refractivity contribution in [1.82, 2.24) is 20.4 Å². The first kappa shape index (κ1) is 17.5. The summed E-state index contributed by atoms with van der Waals surface area (Å²) in [4.78, 5) is 7.40. The number of aryl methyl sites for hydroxylation is 3. The van der Waals surface area contributed by atoms with Gasteiger partial charge in [-0.05, 0) is 43.9 Å². The van der Waals surface area contributed by atoms with Gasteiger partial charge in [0.1, 0.15) is 0 Å². The smallest absolute Gasteiger partial charge is 0.191 e. The average molecular weight is 334 g/mol. The summed E-state index contributed by atoms with van der Waals surface area (Å²) < 4.78 is 1.85. The second-order valence-corrected chi connectivity index (χ2v) is 6.72. The predicted molar refractivity (Wildman–Crippen MR) is 98.0 cm³/mol. The lowest BCUT2D eigenvalue weighted by Gasteiger charge is -2.10. The van der Waals surface area contributed by atoms with E-state index in [0.29, 0.717) is 0 Å². The molecule has 2 N–H and O–H groups in total. The minimum Gasteiger partial charge on any atom is -0.357 e. The van der Waals surface area contributed by atoms with Crippen molar-refractivity contribution < 1.29 is 0 Å². The zero-order chi connectivity index (χ0) is 16.5. The second kappa shape index (κ2) is 9.35. The molecule has 2 rings (SSSR count). The van der Waals surface area contributed by atoms with Crippen LogP contribution in [0, 0.1) is 0 Å². The van der Waals surface area contributed by atoms with Crippen LogP contribution in [-0.4, -0.2) is 28.8 Å². The fourth-order valence-corrected chi connectivity index (χ4v) is 3.18. The van der Waals surface area contributed by atoms with Crippen LogP contribution in [0.5, 0.6) is 0 Å². The van der Waals surface area contributed by atoms with Gasteiger partial charge in [0.05, 0.1) is 12.7 Å². The predicted octanol–water partition coefficient (Wildman–Crippen LogP) is 2.73. The Balaban J connectivity index is 1.76. The summed E-state index contributed by atoms with van der Waals surface area (Å²) in [6.07, 6.45) is 7.20. The Morgan fingerprint density at radius 1 is 1.26 bits per heavy atom. The molecule has 0 aliphatic heterocycles. The lowest BCUT2D eigenvalue weighted by atomic mass is 10.2. The lowest BCUT2D eigenvalue weighted by molar-refractivity contribution is 0.741. The Morgan fingerprint density at radius 2 is 2.09 bits per heavy atom. The van der Waals surface area contributed by atoms with Crippen molar-refractivity contribution in [3.05, 3.63) is 39.8 Å². The Labute approximate surface area is 142 Å². The monoisotopic (exact) mass is 333 g/mol. The van der Waals surface area contributed by atoms with Crippen molar-refractivity contribution in [2.45, 2.75) is 39.7 Å². The van der Waals surface area contributed by atoms with Crippen molar-refractivity contribution in [3.63, 3.8) is 0 Å². The standard InChI is InChI=1S/C17H27N5S/c1-4-15-8-9-16(23-15)12-20-17(18-5-2)19-10-6-7-14-11-21-22(3)13-14/h8-9,11,13H,4-7,10,12H2,1-3H3,(H2,18,19,20). The Hall–Kier alpha value is -1.82. The Morgan fingerprint density at radius 3 is 2.74 bits per heavy atom. The maximum Gasteiger partial charge on any atom is 0.191 e. The van der Waals surface area contributed by atoms with Gasteiger partial charge in [-0.15, -0.1) is 11.3 Å². The van der Waals surface area contributed by atoms with Crippen LogP contribution in [0.3, 0.4) is 0 Å². The third-order valence-electron chi connectivity index (χ3n) is 3.50. The van der Waals surface area contributed by atoms with Crippen molar-refractivity contribution in [1.29, 1.82) is 0 Å². The molecule has 0 atom stereocenters. The van der Waals surface area contributed by atoms with Crippen molar-refractivity contribution in [2.75, 3.05) is 13.1 Å². The topological polar surface area (TPSA) is 54.2 Å². The summed E-state index contributed by atoms with van der Waals surface area (Å²) in [6, 6.07) is 4.38. The van der Waals surface area contributed by atoms with Gasteiger partial charge in [-0.1, -0.05) is 6.92 Å². The van der Waals surface area contributed by atoms with Crippen LogP contribution in [0.4, 0.5) is 0 Å². The molecular weight excluding hydrogens is 306 g/mol. The number of hydrogen-bond acceptors (Lipinski definition) is 3. The quantitative estimate of drug-likeness (QED) is 0.444. The maximum absolute atomic E-state index is 4.67. The van der Waals surface area contributed by atoms with E-state index in [9.17, 15) is 0 Å². The molecule has 0 bridgehead atoms. The van der Waals surface area contributed by atoms with Crippen LogP contribution in [0.1, 0.15) is 35.6 Å². The molecule has 23 heavy (non-hydrogen) atoms. The summed E-state index contributed by atoms with van der Waals surface area (Å²) in [5.41, 5.74) is 1.28. The first-order valence-corrected chi connectivity index (χ1v) is 9.10. The van der Waals surface area contributed by atoms with Crippen LogP contribution in [0.25, 0.3) is 0 Å². The molecular formula is C17H27N5S. The molecule has 0 aliphatic carbocycles. The molecule has 6 heteroatoms. The molecule has 0 amide bonds. The highest BCUT2D eigenvalue weighted by Gasteiger charge is 2.01. The molecule has 0 aromatic carbocycles. The van der Waals surface area contributed by atoms with Crippen LogP contribution in [0.15, 0.2) is 29.5 Å². The average Bonchev–Trinajstić information content (AvgIpc) is 3.17. The number of nitrogens with one attached hydrogen (secondary N) is 2. The number of aromatic nitrogens is 2. The van der Waals surface area contributed by atoms with E-state index in [-0.39, 0.29) is 0 Å². The molecule has 0 aliphatic rings. The van der Waals surface area contributed by atoms with Gasteiger partial charge in [0.15, 0.2) is 5.96 Å². The van der Waals surface area contributed by atoms with Crippen LogP contribution >= 0.6 is 11.3 Å². The SMILES string of the molecule is CCNC(=NCc1ccc(CC)s1)NCCCc1cnn(C)c1. The number of thiophene rings is 1. The van der Waals surface area contributed by atoms with Crippen molar-refractivity contribution in [3.8, 4) is 0 Å². The van der Waals surface area contributed by atoms with Gasteiger partial charge in [-0.3, -0.25) is 4.68 Å². The molecule has 0 saturated heterocycles. The van der Waals surface area contributed by atoms with E-state index in [0.717, 1.165) is 44.9 Å². The molecule has 0 unspecified atom stereocenters. The summed E-state index contributed by atoms with van der Waals surface area (Å²) in [5, 5.41) is 10.9. The van der Waals surface area contributed by atoms with E-state index in [2.05, 4.69) is 52.9 Å². The first-order chi connectivity index (χ1) is 11.2. The van der Waals surface area contributed by atoms with Crippen LogP contribution in [0.2, 0.25) is 0 Å². The van der Waals surface area contributed by atoms with Crippen LogP contribution in [-0.2, 0) is 26.4 Å². The van der Waals surface area contributed by atoms with Gasteiger partial charge in [-0.2, -0.15) is 5.10 Å². The van der Waals surface area contributed by atoms with Gasteiger partial charge in [0.2, 0.25) is 0 Å². The van der Waals surface area contributed by atoms with E-state index in [1.54, 1.807) is 0 Å². The Kier molecular flexibility index (Phi) is 7.13. The van der Waals surface area contributed by atoms with E-state index in [1.807, 2.05) is 29.3 Å². The number of guanidine groups is 1. The van der Waals surface area contributed by atoms with E-state index in [1.165, 1.54) is 15.3 Å². The third kappa shape index (κ3) is 6.06. The zero-order valence-electron chi connectivity index (χ0n) is 14.3. The van der Waals surface area contributed by atoms with Gasteiger partial charge >= 0.3 is 0 Å². The van der Waals surface area contributed by atoms with E-state index in [4.69, 9.17) is 0 Å². The molecule has 0 fully saturated rings. The fourth-order valence-electron chi connectivity index (χ4n) is 2.30.